The van der Waals surface area contributed by atoms with Gasteiger partial charge in [-0.05, 0) is 43.5 Å². The van der Waals surface area contributed by atoms with Crippen LogP contribution in [0.4, 0.5) is 11.8 Å². The van der Waals surface area contributed by atoms with Crippen LogP contribution in [0.2, 0.25) is 0 Å². The molecule has 0 spiro atoms. The summed E-state index contributed by atoms with van der Waals surface area (Å²) >= 11 is 0. The van der Waals surface area contributed by atoms with E-state index < -0.39 is 17.8 Å². The lowest BCUT2D eigenvalue weighted by atomic mass is 10.1. The lowest BCUT2D eigenvalue weighted by Crippen LogP contribution is -2.37. The van der Waals surface area contributed by atoms with Crippen molar-refractivity contribution in [2.45, 2.75) is 40.2 Å². The predicted molar refractivity (Wildman–Crippen MR) is 182 cm³/mol. The van der Waals surface area contributed by atoms with Gasteiger partial charge in [-0.1, -0.05) is 19.1 Å². The van der Waals surface area contributed by atoms with Gasteiger partial charge < -0.3 is 34.2 Å². The van der Waals surface area contributed by atoms with Gasteiger partial charge in [0.05, 0.1) is 43.7 Å². The monoisotopic (exact) mass is 674 g/mol. The van der Waals surface area contributed by atoms with Crippen LogP contribution < -0.4 is 21.1 Å². The molecule has 1 saturated heterocycles. The topological polar surface area (TPSA) is 189 Å². The number of benzene rings is 1. The number of carbonyl (C=O) groups excluding carboxylic acids is 3. The first kappa shape index (κ1) is 35.0. The maximum Gasteiger partial charge on any atom is 0.339 e. The molecule has 0 bridgehead atoms. The number of fused-ring (bicyclic) bond motifs is 1. The average Bonchev–Trinajstić information content (AvgIpc) is 3.66. The molecule has 1 fully saturated rings. The van der Waals surface area contributed by atoms with Gasteiger partial charge in [0.1, 0.15) is 17.1 Å². The number of allylic oxidation sites excluding steroid dienone is 1. The summed E-state index contributed by atoms with van der Waals surface area (Å²) < 4.78 is 23.9. The van der Waals surface area contributed by atoms with E-state index in [1.807, 2.05) is 26.0 Å². The van der Waals surface area contributed by atoms with E-state index in [2.05, 4.69) is 25.5 Å². The molecule has 15 nitrogen and oxygen atoms in total. The van der Waals surface area contributed by atoms with Crippen LogP contribution in [0.3, 0.4) is 0 Å². The normalized spacial score (nSPS) is 13.6. The quantitative estimate of drug-likeness (QED) is 0.0947. The number of amides is 2. The van der Waals surface area contributed by atoms with Crippen molar-refractivity contribution in [3.05, 3.63) is 70.6 Å². The highest BCUT2D eigenvalue weighted by atomic mass is 16.5. The third-order valence-electron chi connectivity index (χ3n) is 7.98. The summed E-state index contributed by atoms with van der Waals surface area (Å²) in [4.78, 5) is 53.2. The summed E-state index contributed by atoms with van der Waals surface area (Å²) in [5, 5.41) is 6.11. The molecule has 0 unspecified atom stereocenters. The molecule has 15 heteroatoms. The van der Waals surface area contributed by atoms with Crippen molar-refractivity contribution in [1.29, 1.82) is 0 Å². The van der Waals surface area contributed by atoms with E-state index in [0.717, 1.165) is 31.6 Å². The lowest BCUT2D eigenvalue weighted by Gasteiger charge is -2.26. The van der Waals surface area contributed by atoms with Crippen molar-refractivity contribution in [3.8, 4) is 5.75 Å². The smallest absolute Gasteiger partial charge is 0.339 e. The molecule has 1 aliphatic rings. The van der Waals surface area contributed by atoms with Crippen LogP contribution in [0.1, 0.15) is 61.8 Å². The molecule has 4 aromatic rings. The maximum atomic E-state index is 13.4. The number of esters is 1. The Morgan fingerprint density at radius 3 is 2.59 bits per heavy atom. The Labute approximate surface area is 283 Å². The van der Waals surface area contributed by atoms with Gasteiger partial charge in [0.25, 0.3) is 5.91 Å². The zero-order chi connectivity index (χ0) is 34.9. The van der Waals surface area contributed by atoms with Gasteiger partial charge in [0.15, 0.2) is 5.89 Å². The predicted octanol–water partition coefficient (Wildman–Crippen LogP) is 3.51. The Morgan fingerprint density at radius 1 is 1.08 bits per heavy atom. The molecule has 0 atom stereocenters. The number of carbonyl (C=O) groups is 3. The molecule has 2 amide bonds. The summed E-state index contributed by atoms with van der Waals surface area (Å²) in [6, 6.07) is 4.90. The van der Waals surface area contributed by atoms with E-state index in [-0.39, 0.29) is 23.8 Å². The second-order valence-electron chi connectivity index (χ2n) is 11.5. The van der Waals surface area contributed by atoms with E-state index in [0.29, 0.717) is 72.5 Å². The number of ether oxygens (including phenoxy) is 3. The zero-order valence-electron chi connectivity index (χ0n) is 28.2. The van der Waals surface area contributed by atoms with Crippen LogP contribution >= 0.6 is 0 Å². The van der Waals surface area contributed by atoms with Gasteiger partial charge in [-0.2, -0.15) is 0 Å². The maximum absolute atomic E-state index is 13.4. The number of methoxy groups -OCH3 is 1. The number of morpholine rings is 1. The summed E-state index contributed by atoms with van der Waals surface area (Å²) in [5.41, 5.74) is 8.62. The standard InChI is InChI=1S/C34H42N8O7/c1-5-25-29(49-22(3)38-25)32(44)40-34-39-26-18-23(30(35)43)19-27(48-14-8-10-41-12-15-47-16-13-41)28(26)42(34)11-7-6-9-36-31-21(2)17-24(20-37-31)33(45)46-4/h6-7,17-20H,5,8-16H2,1-4H3,(H2,35,43)(H,36,37)(H,39,40,44)/b7-6+. The number of rotatable bonds is 15. The Hall–Kier alpha value is -5.28. The van der Waals surface area contributed by atoms with Crippen molar-refractivity contribution in [1.82, 2.24) is 24.4 Å². The summed E-state index contributed by atoms with van der Waals surface area (Å²) in [6.07, 6.45) is 6.53. The minimum Gasteiger partial charge on any atom is -0.491 e. The number of hydrogen-bond acceptors (Lipinski definition) is 12. The number of hydrogen-bond donors (Lipinski definition) is 3. The fourth-order valence-corrected chi connectivity index (χ4v) is 5.50. The highest BCUT2D eigenvalue weighted by Gasteiger charge is 2.23. The molecule has 0 aliphatic carbocycles. The van der Waals surface area contributed by atoms with E-state index in [9.17, 15) is 14.4 Å². The average molecular weight is 675 g/mol. The molecule has 0 saturated carbocycles. The van der Waals surface area contributed by atoms with E-state index >= 15 is 0 Å². The summed E-state index contributed by atoms with van der Waals surface area (Å²) in [7, 11) is 1.32. The number of anilines is 2. The Bertz CT molecular complexity index is 1840. The lowest BCUT2D eigenvalue weighted by molar-refractivity contribution is 0.0358. The number of nitrogens with two attached hydrogens (primary N) is 1. The number of oxazole rings is 1. The van der Waals surface area contributed by atoms with Crippen molar-refractivity contribution < 1.29 is 33.0 Å². The van der Waals surface area contributed by atoms with Crippen LogP contribution in [0.25, 0.3) is 11.0 Å². The van der Waals surface area contributed by atoms with Crippen molar-refractivity contribution in [2.24, 2.45) is 5.73 Å². The van der Waals surface area contributed by atoms with Crippen molar-refractivity contribution in [2.75, 3.05) is 63.7 Å². The third kappa shape index (κ3) is 8.61. The van der Waals surface area contributed by atoms with Gasteiger partial charge in [-0.25, -0.2) is 19.7 Å². The first-order chi connectivity index (χ1) is 23.7. The Kier molecular flexibility index (Phi) is 11.6. The number of aryl methyl sites for hydroxylation is 3. The largest absolute Gasteiger partial charge is 0.491 e. The van der Waals surface area contributed by atoms with Crippen molar-refractivity contribution in [3.63, 3.8) is 0 Å². The molecule has 4 N–H and O–H groups in total. The number of nitrogens with zero attached hydrogens (tertiary/aromatic N) is 5. The van der Waals surface area contributed by atoms with E-state index in [1.54, 1.807) is 29.7 Å². The number of nitrogens with one attached hydrogen (secondary N) is 2. The van der Waals surface area contributed by atoms with Gasteiger partial charge in [-0.15, -0.1) is 0 Å². The molecule has 4 heterocycles. The van der Waals surface area contributed by atoms with Gasteiger partial charge in [0.2, 0.25) is 17.6 Å². The van der Waals surface area contributed by atoms with Crippen LogP contribution in [0.15, 0.2) is 41.0 Å². The molecule has 260 valence electrons. The molecular formula is C34H42N8O7. The summed E-state index contributed by atoms with van der Waals surface area (Å²) in [6.45, 7) is 10.5. The molecule has 0 radical (unpaired) electrons. The van der Waals surface area contributed by atoms with E-state index in [1.165, 1.54) is 13.3 Å². The Morgan fingerprint density at radius 2 is 1.88 bits per heavy atom. The second-order valence-corrected chi connectivity index (χ2v) is 11.5. The number of pyridine rings is 1. The first-order valence-corrected chi connectivity index (χ1v) is 16.2. The van der Waals surface area contributed by atoms with Gasteiger partial charge in [-0.3, -0.25) is 19.8 Å². The molecule has 1 aromatic carbocycles. The van der Waals surface area contributed by atoms with Crippen LogP contribution in [-0.2, 0) is 22.4 Å². The first-order valence-electron chi connectivity index (χ1n) is 16.2. The van der Waals surface area contributed by atoms with Crippen LogP contribution in [0.5, 0.6) is 5.75 Å². The number of imidazole rings is 1. The molecule has 49 heavy (non-hydrogen) atoms. The van der Waals surface area contributed by atoms with Crippen molar-refractivity contribution >= 4 is 40.6 Å². The van der Waals surface area contributed by atoms with Crippen LogP contribution in [-0.4, -0.2) is 95.3 Å². The SMILES string of the molecule is CCc1nc(C)oc1C(=O)Nc1nc2cc(C(N)=O)cc(OCCCN3CCOCC3)c2n1C/C=C/CNc1ncc(C(=O)OC)cc1C. The fourth-order valence-electron chi connectivity index (χ4n) is 5.50. The third-order valence-corrected chi connectivity index (χ3v) is 7.98. The van der Waals surface area contributed by atoms with Gasteiger partial charge in [0, 0.05) is 51.4 Å². The van der Waals surface area contributed by atoms with Gasteiger partial charge >= 0.3 is 5.97 Å². The molecule has 1 aliphatic heterocycles. The molecular weight excluding hydrogens is 632 g/mol. The fraction of sp³-hybridized carbons (Fsp3) is 0.412. The minimum absolute atomic E-state index is 0.108. The highest BCUT2D eigenvalue weighted by Crippen LogP contribution is 2.31. The highest BCUT2D eigenvalue weighted by molar-refractivity contribution is 6.04. The zero-order valence-corrected chi connectivity index (χ0v) is 28.2. The second kappa shape index (κ2) is 16.2. The number of primary amides is 1. The Balaban J connectivity index is 1.40. The number of aromatic nitrogens is 4. The van der Waals surface area contributed by atoms with Crippen LogP contribution in [0, 0.1) is 13.8 Å². The minimum atomic E-state index is -0.626. The van der Waals surface area contributed by atoms with E-state index in [4.69, 9.17) is 29.3 Å². The molecule has 5 rings (SSSR count). The summed E-state index contributed by atoms with van der Waals surface area (Å²) in [5.74, 6) is 0.183. The molecule has 3 aromatic heterocycles.